The summed E-state index contributed by atoms with van der Waals surface area (Å²) in [5.74, 6) is 1.39. The van der Waals surface area contributed by atoms with Crippen molar-refractivity contribution in [3.05, 3.63) is 47.6 Å². The molecule has 0 aromatic heterocycles. The van der Waals surface area contributed by atoms with Gasteiger partial charge in [-0.15, -0.1) is 0 Å². The fourth-order valence-corrected chi connectivity index (χ4v) is 6.29. The minimum Gasteiger partial charge on any atom is -0.393 e. The Bertz CT molecular complexity index is 797. The van der Waals surface area contributed by atoms with Crippen LogP contribution in [0.25, 0.3) is 0 Å². The lowest BCUT2D eigenvalue weighted by Gasteiger charge is -2.44. The number of rotatable bonds is 5. The second kappa shape index (κ2) is 9.21. The molecule has 4 N–H and O–H groups in total. The molecule has 4 nitrogen and oxygen atoms in total. The Balaban J connectivity index is 1.78. The Labute approximate surface area is 194 Å². The Kier molecular flexibility index (Phi) is 7.32. The van der Waals surface area contributed by atoms with E-state index in [9.17, 15) is 20.4 Å². The quantitative estimate of drug-likeness (QED) is 0.457. The summed E-state index contributed by atoms with van der Waals surface area (Å²) in [7, 11) is 0. The van der Waals surface area contributed by atoms with Crippen molar-refractivity contribution in [1.82, 2.24) is 0 Å². The molecule has 0 saturated heterocycles. The highest BCUT2D eigenvalue weighted by Gasteiger charge is 2.50. The van der Waals surface area contributed by atoms with Gasteiger partial charge in [0.2, 0.25) is 0 Å². The molecule has 32 heavy (non-hydrogen) atoms. The second-order valence-corrected chi connectivity index (χ2v) is 11.6. The monoisotopic (exact) mass is 444 g/mol. The molecule has 0 amide bonds. The summed E-state index contributed by atoms with van der Waals surface area (Å²) in [5.41, 5.74) is 0.958. The Hall–Kier alpha value is -1.20. The molecule has 0 aromatic rings. The van der Waals surface area contributed by atoms with Crippen LogP contribution in [0.3, 0.4) is 0 Å². The van der Waals surface area contributed by atoms with E-state index >= 15 is 0 Å². The van der Waals surface area contributed by atoms with Gasteiger partial charge in [-0.05, 0) is 93.6 Å². The zero-order chi connectivity index (χ0) is 23.9. The van der Waals surface area contributed by atoms with E-state index in [4.69, 9.17) is 0 Å². The first-order valence-corrected chi connectivity index (χ1v) is 12.4. The van der Waals surface area contributed by atoms with E-state index in [1.54, 1.807) is 26.8 Å². The molecule has 3 saturated carbocycles. The maximum Gasteiger partial charge on any atom is 0.108 e. The second-order valence-electron chi connectivity index (χ2n) is 11.6. The molecular formula is C28H44O4. The van der Waals surface area contributed by atoms with Gasteiger partial charge in [0, 0.05) is 6.42 Å². The van der Waals surface area contributed by atoms with Crippen molar-refractivity contribution in [1.29, 1.82) is 0 Å². The summed E-state index contributed by atoms with van der Waals surface area (Å²) in [6.07, 6.45) is 13.8. The van der Waals surface area contributed by atoms with Gasteiger partial charge in [0.1, 0.15) is 5.60 Å². The third kappa shape index (κ3) is 4.99. The molecule has 3 fully saturated rings. The molecule has 0 aromatic carbocycles. The summed E-state index contributed by atoms with van der Waals surface area (Å²) in [4.78, 5) is 0. The smallest absolute Gasteiger partial charge is 0.108 e. The highest BCUT2D eigenvalue weighted by molar-refractivity contribution is 5.38. The van der Waals surface area contributed by atoms with Crippen LogP contribution < -0.4 is 0 Å². The molecule has 0 bridgehead atoms. The van der Waals surface area contributed by atoms with Gasteiger partial charge >= 0.3 is 0 Å². The number of hydrogen-bond acceptors (Lipinski definition) is 4. The zero-order valence-electron chi connectivity index (χ0n) is 20.6. The fraction of sp³-hybridized carbons (Fsp3) is 0.714. The Morgan fingerprint density at radius 2 is 1.81 bits per heavy atom. The van der Waals surface area contributed by atoms with Gasteiger partial charge in [0.05, 0.1) is 17.8 Å². The molecule has 4 heteroatoms. The van der Waals surface area contributed by atoms with Crippen LogP contribution in [0.15, 0.2) is 47.6 Å². The van der Waals surface area contributed by atoms with Crippen LogP contribution >= 0.6 is 0 Å². The van der Waals surface area contributed by atoms with Gasteiger partial charge in [-0.1, -0.05) is 50.3 Å². The average molecular weight is 445 g/mol. The van der Waals surface area contributed by atoms with Gasteiger partial charge < -0.3 is 20.4 Å². The van der Waals surface area contributed by atoms with Gasteiger partial charge in [0.15, 0.2) is 0 Å². The summed E-state index contributed by atoms with van der Waals surface area (Å²) in [6.45, 7) is 13.7. The van der Waals surface area contributed by atoms with Crippen LogP contribution in [0.1, 0.15) is 79.6 Å². The highest BCUT2D eigenvalue weighted by atomic mass is 16.3. The van der Waals surface area contributed by atoms with Crippen molar-refractivity contribution in [3.8, 4) is 0 Å². The third-order valence-corrected chi connectivity index (χ3v) is 8.90. The predicted molar refractivity (Wildman–Crippen MR) is 130 cm³/mol. The first kappa shape index (κ1) is 25.4. The number of fused-ring (bicyclic) bond motifs is 1. The van der Waals surface area contributed by atoms with Crippen LogP contribution in [0.2, 0.25) is 0 Å². The molecule has 0 aliphatic heterocycles. The van der Waals surface area contributed by atoms with Gasteiger partial charge in [0.25, 0.3) is 0 Å². The largest absolute Gasteiger partial charge is 0.393 e. The molecule has 7 atom stereocenters. The predicted octanol–water partition coefficient (Wildman–Crippen LogP) is 4.84. The SMILES string of the molecule is C=C1/C(=C/C=C2/CCC[C@]3(C)[C@@H]([C@H](C)/C=C/C(C)(O)C(C)(C)O)CC[C@@H]23)C[C@@H](O)C[C@@H]1O. The summed E-state index contributed by atoms with van der Waals surface area (Å²) < 4.78 is 0. The third-order valence-electron chi connectivity index (χ3n) is 8.90. The number of aliphatic hydroxyl groups is 4. The average Bonchev–Trinajstić information content (AvgIpc) is 3.04. The first-order chi connectivity index (χ1) is 14.8. The topological polar surface area (TPSA) is 80.9 Å². The lowest BCUT2D eigenvalue weighted by Crippen LogP contribution is -2.46. The van der Waals surface area contributed by atoms with Crippen molar-refractivity contribution < 1.29 is 20.4 Å². The molecule has 180 valence electrons. The Morgan fingerprint density at radius 3 is 2.47 bits per heavy atom. The van der Waals surface area contributed by atoms with Gasteiger partial charge in [-0.25, -0.2) is 0 Å². The van der Waals surface area contributed by atoms with Crippen molar-refractivity contribution in [2.45, 2.75) is 103 Å². The standard InChI is InChI=1S/C28H44O4/c1-18(13-15-28(6,32)26(3,4)31)23-11-12-24-20(8-7-14-27(23,24)5)9-10-21-16-22(29)17-25(30)19(21)2/h9-10,13,15,18,22-25,29-32H,2,7-8,11-12,14,16-17H2,1,3-6H3/b15-13+,20-9-,21-10+/t18-,22-,23-,24+,25+,27-,28?/m1/s1. The maximum absolute atomic E-state index is 10.6. The van der Waals surface area contributed by atoms with Crippen LogP contribution in [-0.2, 0) is 0 Å². The molecule has 3 aliphatic rings. The minimum atomic E-state index is -1.26. The van der Waals surface area contributed by atoms with E-state index < -0.39 is 23.4 Å². The Morgan fingerprint density at radius 1 is 1.12 bits per heavy atom. The minimum absolute atomic E-state index is 0.218. The maximum atomic E-state index is 10.6. The van der Waals surface area contributed by atoms with Crippen molar-refractivity contribution >= 4 is 0 Å². The molecule has 3 rings (SSSR count). The highest BCUT2D eigenvalue weighted by Crippen LogP contribution is 2.59. The van der Waals surface area contributed by atoms with Crippen LogP contribution in [0.5, 0.6) is 0 Å². The fourth-order valence-electron chi connectivity index (χ4n) is 6.29. The molecular weight excluding hydrogens is 400 g/mol. The van der Waals surface area contributed by atoms with Crippen LogP contribution in [-0.4, -0.2) is 43.8 Å². The number of allylic oxidation sites excluding steroid dienone is 4. The first-order valence-electron chi connectivity index (χ1n) is 12.4. The van der Waals surface area contributed by atoms with E-state index in [0.717, 1.165) is 24.0 Å². The van der Waals surface area contributed by atoms with Crippen molar-refractivity contribution in [3.63, 3.8) is 0 Å². The van der Waals surface area contributed by atoms with E-state index in [0.29, 0.717) is 30.6 Å². The molecule has 0 heterocycles. The summed E-state index contributed by atoms with van der Waals surface area (Å²) in [5, 5.41) is 41.1. The lowest BCUT2D eigenvalue weighted by molar-refractivity contribution is -0.0886. The molecule has 0 radical (unpaired) electrons. The van der Waals surface area contributed by atoms with Crippen LogP contribution in [0.4, 0.5) is 0 Å². The van der Waals surface area contributed by atoms with Crippen molar-refractivity contribution in [2.24, 2.45) is 23.2 Å². The van der Waals surface area contributed by atoms with E-state index in [1.807, 2.05) is 0 Å². The van der Waals surface area contributed by atoms with E-state index in [1.165, 1.54) is 24.8 Å². The molecule has 0 spiro atoms. The molecule has 1 unspecified atom stereocenters. The zero-order valence-corrected chi connectivity index (χ0v) is 20.6. The normalized spacial score (nSPS) is 39.5. The number of hydrogen-bond donors (Lipinski definition) is 4. The van der Waals surface area contributed by atoms with E-state index in [-0.39, 0.29) is 5.41 Å². The van der Waals surface area contributed by atoms with Crippen LogP contribution in [0, 0.1) is 23.2 Å². The summed E-state index contributed by atoms with van der Waals surface area (Å²) >= 11 is 0. The number of aliphatic hydroxyl groups excluding tert-OH is 2. The van der Waals surface area contributed by atoms with Gasteiger partial charge in [-0.2, -0.15) is 0 Å². The van der Waals surface area contributed by atoms with Gasteiger partial charge in [-0.3, -0.25) is 0 Å². The summed E-state index contributed by atoms with van der Waals surface area (Å²) in [6, 6.07) is 0. The van der Waals surface area contributed by atoms with Crippen molar-refractivity contribution in [2.75, 3.05) is 0 Å². The van der Waals surface area contributed by atoms with E-state index in [2.05, 4.69) is 38.7 Å². The lowest BCUT2D eigenvalue weighted by atomic mass is 9.61. The molecule has 3 aliphatic carbocycles.